The Kier molecular flexibility index (Phi) is 4.90. The van der Waals surface area contributed by atoms with E-state index < -0.39 is 0 Å². The maximum absolute atomic E-state index is 13.1. The average molecular weight is 275 g/mol. The van der Waals surface area contributed by atoms with Gasteiger partial charge < -0.3 is 5.32 Å². The zero-order chi connectivity index (χ0) is 14.5. The quantitative estimate of drug-likeness (QED) is 0.875. The molecule has 108 valence electrons. The highest BCUT2D eigenvalue weighted by Gasteiger charge is 2.08. The SMILES string of the molecule is CCCNC(C)c1cnn(Cc2ccc(F)cc2C)c1. The van der Waals surface area contributed by atoms with E-state index in [4.69, 9.17) is 0 Å². The van der Waals surface area contributed by atoms with Gasteiger partial charge >= 0.3 is 0 Å². The number of hydrogen-bond acceptors (Lipinski definition) is 2. The molecule has 0 radical (unpaired) electrons. The first-order chi connectivity index (χ1) is 9.60. The van der Waals surface area contributed by atoms with Crippen LogP contribution in [-0.4, -0.2) is 16.3 Å². The van der Waals surface area contributed by atoms with E-state index >= 15 is 0 Å². The van der Waals surface area contributed by atoms with Crippen LogP contribution in [0.1, 0.15) is 43.0 Å². The Bertz CT molecular complexity index is 563. The summed E-state index contributed by atoms with van der Waals surface area (Å²) >= 11 is 0. The minimum Gasteiger partial charge on any atom is -0.310 e. The fraction of sp³-hybridized carbons (Fsp3) is 0.438. The molecule has 1 heterocycles. The van der Waals surface area contributed by atoms with Gasteiger partial charge in [0, 0.05) is 17.8 Å². The van der Waals surface area contributed by atoms with Crippen molar-refractivity contribution >= 4 is 0 Å². The summed E-state index contributed by atoms with van der Waals surface area (Å²) in [7, 11) is 0. The third kappa shape index (κ3) is 3.67. The van der Waals surface area contributed by atoms with Gasteiger partial charge in [0.25, 0.3) is 0 Å². The summed E-state index contributed by atoms with van der Waals surface area (Å²) in [6.07, 6.45) is 5.07. The predicted molar refractivity (Wildman–Crippen MR) is 79.2 cm³/mol. The topological polar surface area (TPSA) is 29.9 Å². The monoisotopic (exact) mass is 275 g/mol. The van der Waals surface area contributed by atoms with Crippen LogP contribution in [0.2, 0.25) is 0 Å². The van der Waals surface area contributed by atoms with Gasteiger partial charge in [-0.3, -0.25) is 4.68 Å². The standard InChI is InChI=1S/C16H22FN3/c1-4-7-18-13(3)15-9-19-20(11-15)10-14-5-6-16(17)8-12(14)2/h5-6,8-9,11,13,18H,4,7,10H2,1-3H3. The summed E-state index contributed by atoms with van der Waals surface area (Å²) in [5.74, 6) is -0.190. The molecular formula is C16H22FN3. The van der Waals surface area contributed by atoms with Crippen LogP contribution in [-0.2, 0) is 6.54 Å². The molecule has 4 heteroatoms. The van der Waals surface area contributed by atoms with E-state index in [1.807, 2.05) is 23.9 Å². The normalized spacial score (nSPS) is 12.6. The van der Waals surface area contributed by atoms with Gasteiger partial charge in [0.15, 0.2) is 0 Å². The number of aryl methyl sites for hydroxylation is 1. The van der Waals surface area contributed by atoms with E-state index in [0.717, 1.165) is 24.1 Å². The maximum Gasteiger partial charge on any atom is 0.123 e. The van der Waals surface area contributed by atoms with Crippen molar-refractivity contribution in [2.45, 2.75) is 39.8 Å². The van der Waals surface area contributed by atoms with Crippen molar-refractivity contribution in [3.63, 3.8) is 0 Å². The number of nitrogens with one attached hydrogen (secondary N) is 1. The van der Waals surface area contributed by atoms with Gasteiger partial charge in [0.1, 0.15) is 5.82 Å². The minimum absolute atomic E-state index is 0.190. The van der Waals surface area contributed by atoms with E-state index in [1.165, 1.54) is 11.6 Å². The van der Waals surface area contributed by atoms with Gasteiger partial charge in [0.05, 0.1) is 12.7 Å². The molecule has 0 saturated heterocycles. The number of benzene rings is 1. The van der Waals surface area contributed by atoms with E-state index in [2.05, 4.69) is 30.5 Å². The molecule has 2 rings (SSSR count). The first kappa shape index (κ1) is 14.7. The second kappa shape index (κ2) is 6.66. The molecular weight excluding hydrogens is 253 g/mol. The Morgan fingerprint density at radius 3 is 2.90 bits per heavy atom. The lowest BCUT2D eigenvalue weighted by Crippen LogP contribution is -2.18. The highest BCUT2D eigenvalue weighted by atomic mass is 19.1. The van der Waals surface area contributed by atoms with Gasteiger partial charge in [-0.1, -0.05) is 13.0 Å². The molecule has 1 aromatic heterocycles. The van der Waals surface area contributed by atoms with Crippen molar-refractivity contribution in [2.75, 3.05) is 6.54 Å². The predicted octanol–water partition coefficient (Wildman–Crippen LogP) is 3.44. The Morgan fingerprint density at radius 1 is 1.40 bits per heavy atom. The smallest absolute Gasteiger partial charge is 0.123 e. The van der Waals surface area contributed by atoms with Crippen LogP contribution in [0.3, 0.4) is 0 Å². The molecule has 2 aromatic rings. The van der Waals surface area contributed by atoms with Crippen molar-refractivity contribution < 1.29 is 4.39 Å². The maximum atomic E-state index is 13.1. The Balaban J connectivity index is 2.05. The van der Waals surface area contributed by atoms with Gasteiger partial charge in [0.2, 0.25) is 0 Å². The van der Waals surface area contributed by atoms with Gasteiger partial charge in [-0.25, -0.2) is 4.39 Å². The molecule has 1 aromatic carbocycles. The molecule has 1 N–H and O–H groups in total. The van der Waals surface area contributed by atoms with Gasteiger partial charge in [-0.15, -0.1) is 0 Å². The lowest BCUT2D eigenvalue weighted by Gasteiger charge is -2.10. The number of aromatic nitrogens is 2. The Hall–Kier alpha value is -1.68. The van der Waals surface area contributed by atoms with E-state index in [9.17, 15) is 4.39 Å². The molecule has 0 spiro atoms. The van der Waals surface area contributed by atoms with E-state index in [1.54, 1.807) is 6.07 Å². The second-order valence-corrected chi connectivity index (χ2v) is 5.22. The summed E-state index contributed by atoms with van der Waals surface area (Å²) in [5, 5.41) is 7.83. The van der Waals surface area contributed by atoms with Crippen molar-refractivity contribution in [3.05, 3.63) is 53.1 Å². The molecule has 0 aliphatic heterocycles. The number of rotatable bonds is 6. The van der Waals surface area contributed by atoms with E-state index in [0.29, 0.717) is 12.6 Å². The number of hydrogen-bond donors (Lipinski definition) is 1. The van der Waals surface area contributed by atoms with Crippen LogP contribution in [0.25, 0.3) is 0 Å². The van der Waals surface area contributed by atoms with Crippen molar-refractivity contribution in [2.24, 2.45) is 0 Å². The third-order valence-electron chi connectivity index (χ3n) is 3.49. The largest absolute Gasteiger partial charge is 0.310 e. The summed E-state index contributed by atoms with van der Waals surface area (Å²) < 4.78 is 15.0. The Labute approximate surface area is 119 Å². The molecule has 1 unspecified atom stereocenters. The molecule has 1 atom stereocenters. The zero-order valence-electron chi connectivity index (χ0n) is 12.4. The van der Waals surface area contributed by atoms with Crippen LogP contribution in [0, 0.1) is 12.7 Å². The van der Waals surface area contributed by atoms with Crippen molar-refractivity contribution in [1.82, 2.24) is 15.1 Å². The van der Waals surface area contributed by atoms with Crippen molar-refractivity contribution in [1.29, 1.82) is 0 Å². The first-order valence-electron chi connectivity index (χ1n) is 7.11. The lowest BCUT2D eigenvalue weighted by molar-refractivity contribution is 0.569. The van der Waals surface area contributed by atoms with Crippen LogP contribution < -0.4 is 5.32 Å². The fourth-order valence-electron chi connectivity index (χ4n) is 2.18. The van der Waals surface area contributed by atoms with Crippen molar-refractivity contribution in [3.8, 4) is 0 Å². The molecule has 0 aliphatic rings. The van der Waals surface area contributed by atoms with Crippen LogP contribution >= 0.6 is 0 Å². The molecule has 0 saturated carbocycles. The summed E-state index contributed by atoms with van der Waals surface area (Å²) in [4.78, 5) is 0. The molecule has 0 amide bonds. The third-order valence-corrected chi connectivity index (χ3v) is 3.49. The first-order valence-corrected chi connectivity index (χ1v) is 7.11. The highest BCUT2D eigenvalue weighted by Crippen LogP contribution is 2.14. The molecule has 3 nitrogen and oxygen atoms in total. The van der Waals surface area contributed by atoms with Crippen LogP contribution in [0.15, 0.2) is 30.6 Å². The molecule has 0 aliphatic carbocycles. The lowest BCUT2D eigenvalue weighted by atomic mass is 10.1. The molecule has 20 heavy (non-hydrogen) atoms. The molecule has 0 fully saturated rings. The number of halogens is 1. The second-order valence-electron chi connectivity index (χ2n) is 5.22. The summed E-state index contributed by atoms with van der Waals surface area (Å²) in [6, 6.07) is 5.19. The zero-order valence-corrected chi connectivity index (χ0v) is 12.4. The van der Waals surface area contributed by atoms with E-state index in [-0.39, 0.29) is 5.82 Å². The molecule has 0 bridgehead atoms. The Morgan fingerprint density at radius 2 is 2.20 bits per heavy atom. The fourth-order valence-corrected chi connectivity index (χ4v) is 2.18. The van der Waals surface area contributed by atoms with Crippen LogP contribution in [0.4, 0.5) is 4.39 Å². The highest BCUT2D eigenvalue weighted by molar-refractivity contribution is 5.26. The van der Waals surface area contributed by atoms with Gasteiger partial charge in [-0.05, 0) is 50.1 Å². The minimum atomic E-state index is -0.190. The van der Waals surface area contributed by atoms with Crippen LogP contribution in [0.5, 0.6) is 0 Å². The average Bonchev–Trinajstić information content (AvgIpc) is 2.88. The van der Waals surface area contributed by atoms with Gasteiger partial charge in [-0.2, -0.15) is 5.10 Å². The summed E-state index contributed by atoms with van der Waals surface area (Å²) in [6.45, 7) is 7.89. The summed E-state index contributed by atoms with van der Waals surface area (Å²) in [5.41, 5.74) is 3.23. The number of nitrogens with zero attached hydrogens (tertiary/aromatic N) is 2.